The first-order valence-electron chi connectivity index (χ1n) is 5.74. The highest BCUT2D eigenvalue weighted by Crippen LogP contribution is 2.18. The van der Waals surface area contributed by atoms with Gasteiger partial charge in [-0.05, 0) is 36.9 Å². The van der Waals surface area contributed by atoms with E-state index in [2.05, 4.69) is 27.4 Å². The lowest BCUT2D eigenvalue weighted by Gasteiger charge is -2.07. The third kappa shape index (κ3) is 3.45. The quantitative estimate of drug-likeness (QED) is 0.638. The van der Waals surface area contributed by atoms with Gasteiger partial charge in [0.05, 0.1) is 0 Å². The summed E-state index contributed by atoms with van der Waals surface area (Å²) in [6.07, 6.45) is 4.47. The van der Waals surface area contributed by atoms with Gasteiger partial charge in [0.25, 0.3) is 0 Å². The minimum atomic E-state index is 0.676. The van der Waals surface area contributed by atoms with E-state index in [4.69, 9.17) is 5.73 Å². The molecular weight excluding hydrogens is 244 g/mol. The molecule has 94 valence electrons. The van der Waals surface area contributed by atoms with E-state index in [1.807, 2.05) is 24.5 Å². The molecule has 5 heteroatoms. The Kier molecular flexibility index (Phi) is 4.55. The van der Waals surface area contributed by atoms with Crippen LogP contribution in [0.3, 0.4) is 0 Å². The van der Waals surface area contributed by atoms with Crippen LogP contribution in [0.25, 0.3) is 0 Å². The van der Waals surface area contributed by atoms with Gasteiger partial charge in [0.15, 0.2) is 0 Å². The number of thioether (sulfide) groups is 1. The third-order valence-corrected chi connectivity index (χ3v) is 3.15. The number of nitrogens with one attached hydrogen (secondary N) is 1. The fraction of sp³-hybridized carbons (Fsp3) is 0.231. The van der Waals surface area contributed by atoms with E-state index in [0.29, 0.717) is 6.54 Å². The Morgan fingerprint density at radius 2 is 2.00 bits per heavy atom. The van der Waals surface area contributed by atoms with Crippen molar-refractivity contribution in [1.29, 1.82) is 0 Å². The summed E-state index contributed by atoms with van der Waals surface area (Å²) in [4.78, 5) is 8.32. The minimum Gasteiger partial charge on any atom is -0.340 e. The van der Waals surface area contributed by atoms with Crippen molar-refractivity contribution in [3.05, 3.63) is 42.2 Å². The van der Waals surface area contributed by atoms with E-state index in [1.165, 1.54) is 5.56 Å². The fourth-order valence-electron chi connectivity index (χ4n) is 1.59. The van der Waals surface area contributed by atoms with Crippen LogP contribution in [-0.2, 0) is 6.42 Å². The van der Waals surface area contributed by atoms with E-state index in [1.54, 1.807) is 18.1 Å². The number of rotatable bonds is 5. The molecule has 0 aliphatic carbocycles. The Labute approximate surface area is 111 Å². The molecule has 0 saturated carbocycles. The summed E-state index contributed by atoms with van der Waals surface area (Å²) < 4.78 is 0. The van der Waals surface area contributed by atoms with Gasteiger partial charge in [-0.1, -0.05) is 12.1 Å². The summed E-state index contributed by atoms with van der Waals surface area (Å²) in [5.74, 6) is 0.806. The molecule has 0 saturated heterocycles. The Hall–Kier alpha value is -1.59. The molecule has 0 atom stereocenters. The van der Waals surface area contributed by atoms with Crippen LogP contribution in [0.15, 0.2) is 41.7 Å². The summed E-state index contributed by atoms with van der Waals surface area (Å²) in [7, 11) is 0. The van der Waals surface area contributed by atoms with Crippen LogP contribution in [-0.4, -0.2) is 22.8 Å². The number of hydrogen-bond acceptors (Lipinski definition) is 5. The molecule has 0 radical (unpaired) electrons. The third-order valence-electron chi connectivity index (χ3n) is 2.51. The number of nitrogens with zero attached hydrogens (tertiary/aromatic N) is 2. The zero-order valence-corrected chi connectivity index (χ0v) is 11.1. The summed E-state index contributed by atoms with van der Waals surface area (Å²) in [6, 6.07) is 10.1. The number of aromatic nitrogens is 2. The van der Waals surface area contributed by atoms with Gasteiger partial charge in [0.2, 0.25) is 0 Å². The second-order valence-corrected chi connectivity index (χ2v) is 4.63. The zero-order valence-electron chi connectivity index (χ0n) is 10.3. The molecule has 0 fully saturated rings. The summed E-state index contributed by atoms with van der Waals surface area (Å²) in [5, 5.41) is 4.20. The maximum Gasteiger partial charge on any atom is 0.134 e. The van der Waals surface area contributed by atoms with Gasteiger partial charge < -0.3 is 11.1 Å². The number of hydrogen-bond donors (Lipinski definition) is 2. The molecule has 2 aromatic rings. The summed E-state index contributed by atoms with van der Waals surface area (Å²) in [5.41, 5.74) is 7.78. The van der Waals surface area contributed by atoms with E-state index in [9.17, 15) is 0 Å². The Morgan fingerprint density at radius 1 is 1.22 bits per heavy atom. The van der Waals surface area contributed by atoms with E-state index in [0.717, 1.165) is 23.0 Å². The van der Waals surface area contributed by atoms with Gasteiger partial charge in [-0.2, -0.15) is 0 Å². The van der Waals surface area contributed by atoms with Gasteiger partial charge in [-0.25, -0.2) is 9.97 Å². The number of nitrogens with two attached hydrogens (primary N) is 1. The van der Waals surface area contributed by atoms with Crippen LogP contribution in [0.2, 0.25) is 0 Å². The van der Waals surface area contributed by atoms with Crippen molar-refractivity contribution in [3.63, 3.8) is 0 Å². The average molecular weight is 260 g/mol. The van der Waals surface area contributed by atoms with Crippen molar-refractivity contribution < 1.29 is 0 Å². The SMILES string of the molecule is CSc1cc(Nc2ccc(CCN)cc2)ncn1. The maximum atomic E-state index is 5.52. The molecule has 18 heavy (non-hydrogen) atoms. The topological polar surface area (TPSA) is 63.8 Å². The van der Waals surface area contributed by atoms with Crippen molar-refractivity contribution in [1.82, 2.24) is 9.97 Å². The van der Waals surface area contributed by atoms with Gasteiger partial charge in [0, 0.05) is 11.8 Å². The zero-order chi connectivity index (χ0) is 12.8. The molecule has 0 aliphatic heterocycles. The molecule has 4 nitrogen and oxygen atoms in total. The maximum absolute atomic E-state index is 5.52. The summed E-state index contributed by atoms with van der Waals surface area (Å²) >= 11 is 1.60. The minimum absolute atomic E-state index is 0.676. The fourth-order valence-corrected chi connectivity index (χ4v) is 1.97. The van der Waals surface area contributed by atoms with Crippen molar-refractivity contribution in [2.24, 2.45) is 5.73 Å². The highest BCUT2D eigenvalue weighted by atomic mass is 32.2. The largest absolute Gasteiger partial charge is 0.340 e. The van der Waals surface area contributed by atoms with Crippen LogP contribution in [0.5, 0.6) is 0 Å². The highest BCUT2D eigenvalue weighted by molar-refractivity contribution is 7.98. The van der Waals surface area contributed by atoms with Crippen molar-refractivity contribution in [2.45, 2.75) is 11.4 Å². The molecule has 1 aromatic carbocycles. The number of anilines is 2. The molecule has 0 bridgehead atoms. The van der Waals surface area contributed by atoms with Crippen LogP contribution >= 0.6 is 11.8 Å². The molecule has 0 amide bonds. The van der Waals surface area contributed by atoms with E-state index >= 15 is 0 Å². The number of benzene rings is 1. The lowest BCUT2D eigenvalue weighted by atomic mass is 10.1. The molecule has 1 aromatic heterocycles. The van der Waals surface area contributed by atoms with Gasteiger partial charge in [0.1, 0.15) is 17.2 Å². The average Bonchev–Trinajstić information content (AvgIpc) is 2.42. The van der Waals surface area contributed by atoms with E-state index in [-0.39, 0.29) is 0 Å². The predicted molar refractivity (Wildman–Crippen MR) is 76.3 cm³/mol. The van der Waals surface area contributed by atoms with Crippen LogP contribution in [0.4, 0.5) is 11.5 Å². The molecule has 0 spiro atoms. The Bertz CT molecular complexity index is 499. The molecule has 0 aliphatic rings. The molecule has 2 rings (SSSR count). The molecule has 1 heterocycles. The molecule has 0 unspecified atom stereocenters. The Morgan fingerprint density at radius 3 is 2.67 bits per heavy atom. The van der Waals surface area contributed by atoms with Gasteiger partial charge in [-0.3, -0.25) is 0 Å². The summed E-state index contributed by atoms with van der Waals surface area (Å²) in [6.45, 7) is 0.676. The second-order valence-electron chi connectivity index (χ2n) is 3.81. The first-order chi connectivity index (χ1) is 8.81. The second kappa shape index (κ2) is 6.37. The first-order valence-corrected chi connectivity index (χ1v) is 6.96. The van der Waals surface area contributed by atoms with Gasteiger partial charge in [-0.15, -0.1) is 11.8 Å². The van der Waals surface area contributed by atoms with Crippen LogP contribution in [0.1, 0.15) is 5.56 Å². The molecular formula is C13H16N4S. The Balaban J connectivity index is 2.08. The lowest BCUT2D eigenvalue weighted by Crippen LogP contribution is -2.02. The van der Waals surface area contributed by atoms with Crippen molar-refractivity contribution >= 4 is 23.3 Å². The molecule has 3 N–H and O–H groups in total. The van der Waals surface area contributed by atoms with E-state index < -0.39 is 0 Å². The van der Waals surface area contributed by atoms with Crippen LogP contribution in [0, 0.1) is 0 Å². The monoisotopic (exact) mass is 260 g/mol. The van der Waals surface area contributed by atoms with Crippen molar-refractivity contribution in [2.75, 3.05) is 18.1 Å². The highest BCUT2D eigenvalue weighted by Gasteiger charge is 1.99. The van der Waals surface area contributed by atoms with Gasteiger partial charge >= 0.3 is 0 Å². The van der Waals surface area contributed by atoms with Crippen molar-refractivity contribution in [3.8, 4) is 0 Å². The standard InChI is InChI=1S/C13H16N4S/c1-18-13-8-12(15-9-16-13)17-11-4-2-10(3-5-11)6-7-14/h2-5,8-9H,6-7,14H2,1H3,(H,15,16,17). The normalized spacial score (nSPS) is 10.3. The first kappa shape index (κ1) is 12.9. The smallest absolute Gasteiger partial charge is 0.134 e. The van der Waals surface area contributed by atoms with Crippen LogP contribution < -0.4 is 11.1 Å². The predicted octanol–water partition coefficient (Wildman–Crippen LogP) is 2.44. The lowest BCUT2D eigenvalue weighted by molar-refractivity contribution is 0.969.